The van der Waals surface area contributed by atoms with Gasteiger partial charge < -0.3 is 14.6 Å². The summed E-state index contributed by atoms with van der Waals surface area (Å²) in [5.74, 6) is 1.67. The summed E-state index contributed by atoms with van der Waals surface area (Å²) < 4.78 is 5.83. The summed E-state index contributed by atoms with van der Waals surface area (Å²) in [6.07, 6.45) is 4.43. The molecule has 2 N–H and O–H groups in total. The van der Waals surface area contributed by atoms with E-state index < -0.39 is 0 Å². The molecule has 2 saturated heterocycles. The van der Waals surface area contributed by atoms with Gasteiger partial charge >= 0.3 is 6.03 Å². The molecule has 3 heterocycles. The van der Waals surface area contributed by atoms with Crippen molar-refractivity contribution in [2.75, 3.05) is 6.54 Å². The van der Waals surface area contributed by atoms with Crippen LogP contribution in [-0.2, 0) is 6.42 Å². The van der Waals surface area contributed by atoms with E-state index in [-0.39, 0.29) is 18.1 Å². The second kappa shape index (κ2) is 5.77. The van der Waals surface area contributed by atoms with Crippen LogP contribution >= 0.6 is 0 Å². The van der Waals surface area contributed by atoms with Crippen LogP contribution in [0.15, 0.2) is 16.7 Å². The summed E-state index contributed by atoms with van der Waals surface area (Å²) >= 11 is 0. The Bertz CT molecular complexity index is 654. The van der Waals surface area contributed by atoms with Crippen LogP contribution in [0.3, 0.4) is 0 Å². The summed E-state index contributed by atoms with van der Waals surface area (Å²) in [6.45, 7) is 6.36. The fourth-order valence-electron chi connectivity index (χ4n) is 4.01. The topological polar surface area (TPSA) is 94.7 Å². The third-order valence-electron chi connectivity index (χ3n) is 5.26. The van der Waals surface area contributed by atoms with Crippen LogP contribution in [-0.4, -0.2) is 50.0 Å². The van der Waals surface area contributed by atoms with Gasteiger partial charge in [0.05, 0.1) is 6.04 Å². The van der Waals surface area contributed by atoms with Gasteiger partial charge in [0.2, 0.25) is 11.8 Å². The average molecular weight is 333 g/mol. The molecule has 8 heteroatoms. The van der Waals surface area contributed by atoms with Crippen molar-refractivity contribution in [2.45, 2.75) is 57.2 Å². The largest absolute Gasteiger partial charge is 0.423 e. The summed E-state index contributed by atoms with van der Waals surface area (Å²) in [5.41, 5.74) is 1.00. The molecule has 2 atom stereocenters. The summed E-state index contributed by atoms with van der Waals surface area (Å²) in [5, 5.41) is 22.2. The number of piperidine rings is 1. The third-order valence-corrected chi connectivity index (χ3v) is 5.26. The minimum absolute atomic E-state index is 0.108. The minimum Gasteiger partial charge on any atom is -0.423 e. The molecule has 0 radical (unpaired) electrons. The van der Waals surface area contributed by atoms with Crippen LogP contribution < -0.4 is 5.32 Å². The monoisotopic (exact) mass is 333 g/mol. The van der Waals surface area contributed by atoms with Crippen molar-refractivity contribution in [3.05, 3.63) is 24.1 Å². The highest BCUT2D eigenvalue weighted by Gasteiger charge is 2.46. The Morgan fingerprint density at radius 1 is 1.42 bits per heavy atom. The Labute approximate surface area is 140 Å². The number of amides is 2. The van der Waals surface area contributed by atoms with Crippen LogP contribution in [0.5, 0.6) is 0 Å². The lowest BCUT2D eigenvalue weighted by molar-refractivity contribution is -0.0584. The lowest BCUT2D eigenvalue weighted by Gasteiger charge is -2.35. The highest BCUT2D eigenvalue weighted by Crippen LogP contribution is 2.37. The maximum atomic E-state index is 12.0. The Hall–Kier alpha value is -2.09. The summed E-state index contributed by atoms with van der Waals surface area (Å²) in [7, 11) is 0. The van der Waals surface area contributed by atoms with Gasteiger partial charge in [0.1, 0.15) is 6.04 Å². The van der Waals surface area contributed by atoms with E-state index in [4.69, 9.17) is 4.42 Å². The van der Waals surface area contributed by atoms with E-state index in [0.717, 1.165) is 42.9 Å². The normalized spacial score (nSPS) is 32.0. The molecule has 130 valence electrons. The van der Waals surface area contributed by atoms with Crippen molar-refractivity contribution < 1.29 is 14.4 Å². The number of carbonyl (C=O) groups is 1. The van der Waals surface area contributed by atoms with E-state index in [1.54, 1.807) is 4.90 Å². The smallest absolute Gasteiger partial charge is 0.344 e. The molecule has 1 aromatic heterocycles. The molecule has 2 aliphatic heterocycles. The first-order valence-electron chi connectivity index (χ1n) is 8.54. The van der Waals surface area contributed by atoms with Gasteiger partial charge in [-0.15, -0.1) is 10.2 Å². The lowest BCUT2D eigenvalue weighted by Crippen LogP contribution is -2.40. The SMILES string of the molecule is C=C(C)NC1CC(Cc2nnc([C@@H]3CC[C@@H]4CN3C(=O)N4O)o2)C1. The second-order valence-corrected chi connectivity index (χ2v) is 7.22. The standard InChI is InChI=1S/C16H23N5O3/c1-9(2)17-11-5-10(6-11)7-14-18-19-15(24-14)13-4-3-12-8-20(13)16(22)21(12)23/h10-13,17,23H,1,3-8H2,2H3/t10?,11?,12-,13+/m1/s1. The molecule has 4 rings (SSSR count). The number of nitrogens with zero attached hydrogens (tertiary/aromatic N) is 4. The van der Waals surface area contributed by atoms with Gasteiger partial charge in [-0.3, -0.25) is 5.21 Å². The number of urea groups is 1. The quantitative estimate of drug-likeness (QED) is 0.799. The lowest BCUT2D eigenvalue weighted by atomic mass is 9.78. The Morgan fingerprint density at radius 2 is 2.21 bits per heavy atom. The van der Waals surface area contributed by atoms with Crippen LogP contribution in [0.4, 0.5) is 4.79 Å². The fraction of sp³-hybridized carbons (Fsp3) is 0.688. The van der Waals surface area contributed by atoms with Gasteiger partial charge in [0.15, 0.2) is 0 Å². The molecular weight excluding hydrogens is 310 g/mol. The molecule has 3 fully saturated rings. The fourth-order valence-corrected chi connectivity index (χ4v) is 4.01. The second-order valence-electron chi connectivity index (χ2n) is 7.22. The van der Waals surface area contributed by atoms with Crippen molar-refractivity contribution in [3.8, 4) is 0 Å². The number of nitrogens with one attached hydrogen (secondary N) is 1. The first kappa shape index (κ1) is 15.4. The van der Waals surface area contributed by atoms with Gasteiger partial charge in [-0.25, -0.2) is 9.86 Å². The molecule has 24 heavy (non-hydrogen) atoms. The molecule has 8 nitrogen and oxygen atoms in total. The molecule has 1 aliphatic carbocycles. The van der Waals surface area contributed by atoms with Crippen LogP contribution in [0.25, 0.3) is 0 Å². The van der Waals surface area contributed by atoms with Crippen molar-refractivity contribution in [1.29, 1.82) is 0 Å². The van der Waals surface area contributed by atoms with E-state index in [2.05, 4.69) is 22.1 Å². The maximum Gasteiger partial charge on any atom is 0.344 e. The zero-order chi connectivity index (χ0) is 16.8. The van der Waals surface area contributed by atoms with Gasteiger partial charge in [-0.2, -0.15) is 0 Å². The van der Waals surface area contributed by atoms with E-state index in [0.29, 0.717) is 30.3 Å². The number of carbonyl (C=O) groups excluding carboxylic acids is 1. The predicted octanol–water partition coefficient (Wildman–Crippen LogP) is 1.84. The van der Waals surface area contributed by atoms with Crippen LogP contribution in [0.2, 0.25) is 0 Å². The molecule has 0 aromatic carbocycles. The number of hydrogen-bond donors (Lipinski definition) is 2. The van der Waals surface area contributed by atoms with E-state index in [1.807, 2.05) is 6.92 Å². The highest BCUT2D eigenvalue weighted by molar-refractivity contribution is 5.76. The molecule has 2 amide bonds. The predicted molar refractivity (Wildman–Crippen MR) is 84.0 cm³/mol. The molecule has 2 bridgehead atoms. The third kappa shape index (κ3) is 2.64. The number of hydrogen-bond acceptors (Lipinski definition) is 6. The van der Waals surface area contributed by atoms with Gasteiger partial charge in [0, 0.05) is 24.7 Å². The van der Waals surface area contributed by atoms with Crippen molar-refractivity contribution in [3.63, 3.8) is 0 Å². The number of fused-ring (bicyclic) bond motifs is 2. The number of hydroxylamine groups is 2. The number of aromatic nitrogens is 2. The van der Waals surface area contributed by atoms with Gasteiger partial charge in [0.25, 0.3) is 0 Å². The zero-order valence-corrected chi connectivity index (χ0v) is 13.8. The number of rotatable bonds is 5. The first-order valence-corrected chi connectivity index (χ1v) is 8.54. The molecule has 1 aromatic rings. The Balaban J connectivity index is 1.36. The Morgan fingerprint density at radius 3 is 2.96 bits per heavy atom. The zero-order valence-electron chi connectivity index (χ0n) is 13.8. The highest BCUT2D eigenvalue weighted by atomic mass is 16.5. The maximum absolute atomic E-state index is 12.0. The van der Waals surface area contributed by atoms with Crippen LogP contribution in [0.1, 0.15) is 50.4 Å². The van der Waals surface area contributed by atoms with E-state index in [9.17, 15) is 10.0 Å². The first-order chi connectivity index (χ1) is 11.5. The van der Waals surface area contributed by atoms with Crippen molar-refractivity contribution in [2.24, 2.45) is 5.92 Å². The Kier molecular flexibility index (Phi) is 3.71. The molecule has 1 saturated carbocycles. The average Bonchev–Trinajstić information content (AvgIpc) is 3.06. The minimum atomic E-state index is -0.366. The molecule has 0 spiro atoms. The van der Waals surface area contributed by atoms with Crippen molar-refractivity contribution >= 4 is 6.03 Å². The summed E-state index contributed by atoms with van der Waals surface area (Å²) in [6, 6.07) is -0.187. The van der Waals surface area contributed by atoms with Gasteiger partial charge in [-0.1, -0.05) is 6.58 Å². The molecule has 3 aliphatic rings. The van der Waals surface area contributed by atoms with E-state index in [1.165, 1.54) is 0 Å². The van der Waals surface area contributed by atoms with Crippen LogP contribution in [0, 0.1) is 5.92 Å². The van der Waals surface area contributed by atoms with Crippen molar-refractivity contribution in [1.82, 2.24) is 25.5 Å². The summed E-state index contributed by atoms with van der Waals surface area (Å²) in [4.78, 5) is 13.7. The molecular formula is C16H23N5O3. The van der Waals surface area contributed by atoms with Gasteiger partial charge in [-0.05, 0) is 38.5 Å². The van der Waals surface area contributed by atoms with E-state index >= 15 is 0 Å². The number of allylic oxidation sites excluding steroid dienone is 1. The molecule has 0 unspecified atom stereocenters.